The van der Waals surface area contributed by atoms with Crippen LogP contribution in [0.3, 0.4) is 0 Å². The van der Waals surface area contributed by atoms with E-state index in [4.69, 9.17) is 5.73 Å². The summed E-state index contributed by atoms with van der Waals surface area (Å²) in [6.45, 7) is 7.27. The van der Waals surface area contributed by atoms with Crippen LogP contribution in [-0.2, 0) is 4.79 Å². The summed E-state index contributed by atoms with van der Waals surface area (Å²) in [4.78, 5) is 13.2. The summed E-state index contributed by atoms with van der Waals surface area (Å²) in [5, 5.41) is 2.88. The van der Waals surface area contributed by atoms with Gasteiger partial charge in [0.2, 0.25) is 5.91 Å². The first-order chi connectivity index (χ1) is 6.29. The number of rotatable bonds is 5. The number of carbonyl (C=O) groups excluding carboxylic acids is 1. The highest BCUT2D eigenvalue weighted by atomic mass is 16.1. The number of nitrogens with one attached hydrogen (secondary N) is 1. The lowest BCUT2D eigenvalue weighted by molar-refractivity contribution is -0.121. The van der Waals surface area contributed by atoms with E-state index in [0.29, 0.717) is 0 Å². The van der Waals surface area contributed by atoms with Gasteiger partial charge in [-0.25, -0.2) is 0 Å². The van der Waals surface area contributed by atoms with E-state index in [-0.39, 0.29) is 23.9 Å². The molecule has 0 bridgehead atoms. The fraction of sp³-hybridized carbons (Fsp3) is 0.900. The van der Waals surface area contributed by atoms with Gasteiger partial charge in [0, 0.05) is 12.6 Å². The predicted octanol–water partition coefficient (Wildman–Crippen LogP) is 0.0376. The minimum Gasteiger partial charge on any atom is -0.352 e. The summed E-state index contributed by atoms with van der Waals surface area (Å²) in [5.74, 6) is -0.0932. The Morgan fingerprint density at radius 2 is 2.00 bits per heavy atom. The zero-order valence-corrected chi connectivity index (χ0v) is 9.92. The third-order valence-electron chi connectivity index (χ3n) is 2.46. The Morgan fingerprint density at radius 3 is 2.36 bits per heavy atom. The molecule has 0 aliphatic heterocycles. The third-order valence-corrected chi connectivity index (χ3v) is 2.46. The van der Waals surface area contributed by atoms with Crippen molar-refractivity contribution in [2.24, 2.45) is 11.1 Å². The Hall–Kier alpha value is -0.610. The SMILES string of the molecule is CC(NC(=O)CN)C(C)(C)CN(C)C. The summed E-state index contributed by atoms with van der Waals surface area (Å²) in [6.07, 6.45) is 0. The van der Waals surface area contributed by atoms with Crippen molar-refractivity contribution in [2.45, 2.75) is 26.8 Å². The van der Waals surface area contributed by atoms with Crippen LogP contribution in [0.5, 0.6) is 0 Å². The number of hydrogen-bond donors (Lipinski definition) is 2. The average molecular weight is 201 g/mol. The van der Waals surface area contributed by atoms with Crippen LogP contribution < -0.4 is 11.1 Å². The first-order valence-electron chi connectivity index (χ1n) is 4.93. The molecule has 4 nitrogen and oxygen atoms in total. The molecule has 0 aliphatic rings. The zero-order valence-electron chi connectivity index (χ0n) is 9.92. The first kappa shape index (κ1) is 13.4. The smallest absolute Gasteiger partial charge is 0.233 e. The van der Waals surface area contributed by atoms with Crippen molar-refractivity contribution in [1.29, 1.82) is 0 Å². The highest BCUT2D eigenvalue weighted by molar-refractivity contribution is 5.78. The summed E-state index contributed by atoms with van der Waals surface area (Å²) < 4.78 is 0. The fourth-order valence-corrected chi connectivity index (χ4v) is 1.45. The second-order valence-electron chi connectivity index (χ2n) is 4.72. The van der Waals surface area contributed by atoms with E-state index >= 15 is 0 Å². The highest BCUT2D eigenvalue weighted by Gasteiger charge is 2.27. The molecule has 0 aromatic heterocycles. The number of nitrogens with two attached hydrogens (primary N) is 1. The van der Waals surface area contributed by atoms with Gasteiger partial charge in [0.15, 0.2) is 0 Å². The molecular weight excluding hydrogens is 178 g/mol. The van der Waals surface area contributed by atoms with Crippen molar-refractivity contribution in [2.75, 3.05) is 27.2 Å². The van der Waals surface area contributed by atoms with Gasteiger partial charge in [0.1, 0.15) is 0 Å². The van der Waals surface area contributed by atoms with Crippen molar-refractivity contribution in [3.8, 4) is 0 Å². The van der Waals surface area contributed by atoms with E-state index in [2.05, 4.69) is 24.1 Å². The standard InChI is InChI=1S/C10H23N3O/c1-8(12-9(14)6-11)10(2,3)7-13(4)5/h8H,6-7,11H2,1-5H3,(H,12,14). The molecule has 0 aromatic carbocycles. The fourth-order valence-electron chi connectivity index (χ4n) is 1.45. The maximum absolute atomic E-state index is 11.1. The van der Waals surface area contributed by atoms with Crippen molar-refractivity contribution in [3.05, 3.63) is 0 Å². The Labute approximate surface area is 86.8 Å². The molecule has 1 amide bonds. The minimum absolute atomic E-state index is 0.0499. The topological polar surface area (TPSA) is 58.4 Å². The largest absolute Gasteiger partial charge is 0.352 e. The predicted molar refractivity (Wildman–Crippen MR) is 59.0 cm³/mol. The van der Waals surface area contributed by atoms with E-state index in [1.807, 2.05) is 21.0 Å². The lowest BCUT2D eigenvalue weighted by atomic mass is 9.85. The molecule has 0 radical (unpaired) electrons. The molecular formula is C10H23N3O. The number of hydrogen-bond acceptors (Lipinski definition) is 3. The summed E-state index contributed by atoms with van der Waals surface area (Å²) >= 11 is 0. The van der Waals surface area contributed by atoms with Gasteiger partial charge in [-0.15, -0.1) is 0 Å². The number of carbonyl (C=O) groups is 1. The van der Waals surface area contributed by atoms with Crippen molar-refractivity contribution in [1.82, 2.24) is 10.2 Å². The maximum Gasteiger partial charge on any atom is 0.233 e. The molecule has 0 fully saturated rings. The Balaban J connectivity index is 4.20. The third kappa shape index (κ3) is 4.58. The molecule has 14 heavy (non-hydrogen) atoms. The van der Waals surface area contributed by atoms with Gasteiger partial charge < -0.3 is 16.0 Å². The molecule has 1 unspecified atom stereocenters. The van der Waals surface area contributed by atoms with E-state index < -0.39 is 0 Å². The molecule has 1 atom stereocenters. The van der Waals surface area contributed by atoms with Crippen LogP contribution in [0.25, 0.3) is 0 Å². The molecule has 0 saturated heterocycles. The monoisotopic (exact) mass is 201 g/mol. The molecule has 0 saturated carbocycles. The molecule has 3 N–H and O–H groups in total. The van der Waals surface area contributed by atoms with Crippen molar-refractivity contribution < 1.29 is 4.79 Å². The van der Waals surface area contributed by atoms with Gasteiger partial charge >= 0.3 is 0 Å². The van der Waals surface area contributed by atoms with Crippen LogP contribution in [-0.4, -0.2) is 44.0 Å². The maximum atomic E-state index is 11.1. The average Bonchev–Trinajstić information content (AvgIpc) is 2.01. The van der Waals surface area contributed by atoms with Crippen LogP contribution in [0, 0.1) is 5.41 Å². The van der Waals surface area contributed by atoms with E-state index in [9.17, 15) is 4.79 Å². The van der Waals surface area contributed by atoms with Crippen LogP contribution in [0.1, 0.15) is 20.8 Å². The Bertz CT molecular complexity index is 190. The minimum atomic E-state index is -0.0932. The van der Waals surface area contributed by atoms with Gasteiger partial charge in [-0.3, -0.25) is 4.79 Å². The van der Waals surface area contributed by atoms with Crippen LogP contribution >= 0.6 is 0 Å². The highest BCUT2D eigenvalue weighted by Crippen LogP contribution is 2.20. The quantitative estimate of drug-likeness (QED) is 0.660. The number of nitrogens with zero attached hydrogens (tertiary/aromatic N) is 1. The van der Waals surface area contributed by atoms with Gasteiger partial charge in [0.05, 0.1) is 6.54 Å². The van der Waals surface area contributed by atoms with Gasteiger partial charge in [0.25, 0.3) is 0 Å². The van der Waals surface area contributed by atoms with Crippen LogP contribution in [0.2, 0.25) is 0 Å². The van der Waals surface area contributed by atoms with Crippen molar-refractivity contribution in [3.63, 3.8) is 0 Å². The summed E-state index contributed by atoms with van der Waals surface area (Å²) in [5.41, 5.74) is 5.29. The Kier molecular flexibility index (Phi) is 5.08. The molecule has 84 valence electrons. The summed E-state index contributed by atoms with van der Waals surface area (Å²) in [7, 11) is 4.05. The van der Waals surface area contributed by atoms with Crippen LogP contribution in [0.15, 0.2) is 0 Å². The van der Waals surface area contributed by atoms with Gasteiger partial charge in [-0.05, 0) is 26.4 Å². The molecule has 0 rings (SSSR count). The molecule has 0 aliphatic carbocycles. The molecule has 0 aromatic rings. The lowest BCUT2D eigenvalue weighted by Gasteiger charge is -2.34. The van der Waals surface area contributed by atoms with Gasteiger partial charge in [-0.1, -0.05) is 13.8 Å². The number of amides is 1. The summed E-state index contributed by atoms with van der Waals surface area (Å²) in [6, 6.07) is 0.126. The molecule has 0 heterocycles. The molecule has 0 spiro atoms. The van der Waals surface area contributed by atoms with Gasteiger partial charge in [-0.2, -0.15) is 0 Å². The lowest BCUT2D eigenvalue weighted by Crippen LogP contribution is -2.48. The van der Waals surface area contributed by atoms with Crippen molar-refractivity contribution >= 4 is 5.91 Å². The van der Waals surface area contributed by atoms with Crippen LogP contribution in [0.4, 0.5) is 0 Å². The van der Waals surface area contributed by atoms with E-state index in [1.165, 1.54) is 0 Å². The van der Waals surface area contributed by atoms with E-state index in [1.54, 1.807) is 0 Å². The second-order valence-corrected chi connectivity index (χ2v) is 4.72. The zero-order chi connectivity index (χ0) is 11.4. The molecule has 4 heteroatoms. The Morgan fingerprint density at radius 1 is 1.50 bits per heavy atom. The second kappa shape index (κ2) is 5.32. The van der Waals surface area contributed by atoms with E-state index in [0.717, 1.165) is 6.54 Å². The first-order valence-corrected chi connectivity index (χ1v) is 4.93. The normalized spacial score (nSPS) is 14.2.